The van der Waals surface area contributed by atoms with E-state index in [1.807, 2.05) is 0 Å². The highest BCUT2D eigenvalue weighted by atomic mass is 16.6. The van der Waals surface area contributed by atoms with E-state index in [1.165, 1.54) is 0 Å². The number of carbonyl (C=O) groups excluding carboxylic acids is 2. The van der Waals surface area contributed by atoms with Gasteiger partial charge in [-0.3, -0.25) is 24.4 Å². The summed E-state index contributed by atoms with van der Waals surface area (Å²) in [5, 5.41) is 18.3. The Morgan fingerprint density at radius 3 is 2.53 bits per heavy atom. The van der Waals surface area contributed by atoms with E-state index in [0.29, 0.717) is 53.6 Å². The van der Waals surface area contributed by atoms with E-state index in [1.54, 1.807) is 73.0 Å². The number of carbonyl (C=O) groups is 2. The number of aromatic nitrogens is 2. The number of hydrogen-bond donors (Lipinski definition) is 1. The summed E-state index contributed by atoms with van der Waals surface area (Å²) in [5.74, 6) is 0.310. The molecular weight excluding hydrogens is 438 g/mol. The van der Waals surface area contributed by atoms with Crippen molar-refractivity contribution in [3.63, 3.8) is 0 Å². The van der Waals surface area contributed by atoms with Gasteiger partial charge in [0.2, 0.25) is 5.91 Å². The molecule has 0 bridgehead atoms. The standard InChI is InChI=1S/C24H25N5O5/c1-15-23(29(32)33)16(2)28(26-15)14-17-6-8-18(9-7-17)24(31)25-19-10-11-21(34-3)20(13-19)27-12-4-5-22(27)30/h6-11,13H,4-5,12,14H2,1-3H3,(H,25,31). The number of anilines is 2. The van der Waals surface area contributed by atoms with Crippen LogP contribution in [0.1, 0.15) is 40.2 Å². The van der Waals surface area contributed by atoms with Gasteiger partial charge < -0.3 is 15.0 Å². The van der Waals surface area contributed by atoms with Crippen molar-refractivity contribution in [2.24, 2.45) is 0 Å². The lowest BCUT2D eigenvalue weighted by Gasteiger charge is -2.20. The Morgan fingerprint density at radius 1 is 1.21 bits per heavy atom. The summed E-state index contributed by atoms with van der Waals surface area (Å²) in [6.07, 6.45) is 1.28. The van der Waals surface area contributed by atoms with Crippen LogP contribution in [0.3, 0.4) is 0 Å². The monoisotopic (exact) mass is 463 g/mol. The van der Waals surface area contributed by atoms with Crippen molar-refractivity contribution in [1.29, 1.82) is 0 Å². The van der Waals surface area contributed by atoms with Gasteiger partial charge >= 0.3 is 5.69 Å². The molecule has 1 aliphatic heterocycles. The maximum atomic E-state index is 12.8. The maximum Gasteiger partial charge on any atom is 0.312 e. The first kappa shape index (κ1) is 23.0. The Labute approximate surface area is 196 Å². The van der Waals surface area contributed by atoms with E-state index in [4.69, 9.17) is 4.74 Å². The predicted molar refractivity (Wildman–Crippen MR) is 126 cm³/mol. The van der Waals surface area contributed by atoms with Crippen LogP contribution in [-0.4, -0.2) is 40.2 Å². The molecular formula is C24H25N5O5. The van der Waals surface area contributed by atoms with Gasteiger partial charge in [-0.05, 0) is 56.2 Å². The molecule has 0 spiro atoms. The lowest BCUT2D eigenvalue weighted by atomic mass is 10.1. The van der Waals surface area contributed by atoms with Crippen LogP contribution in [0.2, 0.25) is 0 Å². The first-order valence-electron chi connectivity index (χ1n) is 10.9. The fourth-order valence-corrected chi connectivity index (χ4v) is 4.12. The maximum absolute atomic E-state index is 12.8. The van der Waals surface area contributed by atoms with Crippen molar-refractivity contribution in [1.82, 2.24) is 9.78 Å². The smallest absolute Gasteiger partial charge is 0.312 e. The number of nitro groups is 1. The molecule has 0 saturated carbocycles. The molecule has 1 fully saturated rings. The largest absolute Gasteiger partial charge is 0.495 e. The number of aryl methyl sites for hydroxylation is 1. The van der Waals surface area contributed by atoms with Crippen molar-refractivity contribution in [2.75, 3.05) is 23.9 Å². The van der Waals surface area contributed by atoms with E-state index < -0.39 is 4.92 Å². The molecule has 0 radical (unpaired) electrons. The highest BCUT2D eigenvalue weighted by molar-refractivity contribution is 6.05. The van der Waals surface area contributed by atoms with Crippen LogP contribution >= 0.6 is 0 Å². The van der Waals surface area contributed by atoms with E-state index in [-0.39, 0.29) is 17.5 Å². The summed E-state index contributed by atoms with van der Waals surface area (Å²) in [7, 11) is 1.55. The number of ether oxygens (including phenoxy) is 1. The second kappa shape index (κ2) is 9.34. The lowest BCUT2D eigenvalue weighted by Crippen LogP contribution is -2.24. The van der Waals surface area contributed by atoms with Crippen molar-refractivity contribution in [3.8, 4) is 5.75 Å². The van der Waals surface area contributed by atoms with Gasteiger partial charge in [0.15, 0.2) is 0 Å². The number of hydrogen-bond acceptors (Lipinski definition) is 6. The summed E-state index contributed by atoms with van der Waals surface area (Å²) in [6, 6.07) is 12.2. The van der Waals surface area contributed by atoms with E-state index in [2.05, 4.69) is 10.4 Å². The third-order valence-corrected chi connectivity index (χ3v) is 5.88. The van der Waals surface area contributed by atoms with Crippen molar-refractivity contribution < 1.29 is 19.2 Å². The molecule has 4 rings (SSSR count). The number of nitrogens with zero attached hydrogens (tertiary/aromatic N) is 4. The van der Waals surface area contributed by atoms with Crippen LogP contribution in [0.5, 0.6) is 5.75 Å². The lowest BCUT2D eigenvalue weighted by molar-refractivity contribution is -0.386. The van der Waals surface area contributed by atoms with Gasteiger partial charge in [0.25, 0.3) is 5.91 Å². The minimum Gasteiger partial charge on any atom is -0.495 e. The molecule has 10 nitrogen and oxygen atoms in total. The molecule has 1 saturated heterocycles. The average Bonchev–Trinajstić information content (AvgIpc) is 3.36. The Hall–Kier alpha value is -4.21. The van der Waals surface area contributed by atoms with Crippen molar-refractivity contribution in [3.05, 3.63) is 75.1 Å². The van der Waals surface area contributed by atoms with Gasteiger partial charge in [-0.1, -0.05) is 12.1 Å². The van der Waals surface area contributed by atoms with Crippen LogP contribution < -0.4 is 15.0 Å². The SMILES string of the molecule is COc1ccc(NC(=O)c2ccc(Cn3nc(C)c([N+](=O)[O-])c3C)cc2)cc1N1CCCC1=O. The van der Waals surface area contributed by atoms with Crippen LogP contribution in [0, 0.1) is 24.0 Å². The summed E-state index contributed by atoms with van der Waals surface area (Å²) in [5.41, 5.74) is 3.38. The molecule has 3 aromatic rings. The zero-order chi connectivity index (χ0) is 24.4. The van der Waals surface area contributed by atoms with Gasteiger partial charge in [0.05, 0.1) is 24.3 Å². The molecule has 0 unspecified atom stereocenters. The Kier molecular flexibility index (Phi) is 6.31. The minimum absolute atomic E-state index is 0.0190. The third kappa shape index (κ3) is 4.47. The normalized spacial score (nSPS) is 13.3. The number of methoxy groups -OCH3 is 1. The molecule has 1 aliphatic rings. The molecule has 2 amide bonds. The molecule has 176 valence electrons. The second-order valence-corrected chi connectivity index (χ2v) is 8.12. The van der Waals surface area contributed by atoms with Gasteiger partial charge in [-0.15, -0.1) is 0 Å². The van der Waals surface area contributed by atoms with Crippen LogP contribution in [0.15, 0.2) is 42.5 Å². The van der Waals surface area contributed by atoms with Crippen molar-refractivity contribution >= 4 is 28.9 Å². The van der Waals surface area contributed by atoms with E-state index in [0.717, 1.165) is 12.0 Å². The molecule has 2 aromatic carbocycles. The number of amides is 2. The summed E-state index contributed by atoms with van der Waals surface area (Å²) >= 11 is 0. The quantitative estimate of drug-likeness (QED) is 0.420. The number of rotatable bonds is 7. The van der Waals surface area contributed by atoms with Gasteiger partial charge in [0.1, 0.15) is 17.1 Å². The molecule has 2 heterocycles. The zero-order valence-corrected chi connectivity index (χ0v) is 19.2. The number of benzene rings is 2. The van der Waals surface area contributed by atoms with E-state index >= 15 is 0 Å². The summed E-state index contributed by atoms with van der Waals surface area (Å²) in [4.78, 5) is 37.4. The van der Waals surface area contributed by atoms with Gasteiger partial charge in [0, 0.05) is 24.2 Å². The summed E-state index contributed by atoms with van der Waals surface area (Å²) in [6.45, 7) is 4.25. The zero-order valence-electron chi connectivity index (χ0n) is 19.2. The molecule has 10 heteroatoms. The first-order valence-corrected chi connectivity index (χ1v) is 10.9. The van der Waals surface area contributed by atoms with E-state index in [9.17, 15) is 19.7 Å². The molecule has 1 aromatic heterocycles. The Morgan fingerprint density at radius 2 is 1.94 bits per heavy atom. The highest BCUT2D eigenvalue weighted by Gasteiger charge is 2.25. The number of nitrogens with one attached hydrogen (secondary N) is 1. The molecule has 0 atom stereocenters. The fraction of sp³-hybridized carbons (Fsp3) is 0.292. The van der Waals surface area contributed by atoms with Gasteiger partial charge in [-0.2, -0.15) is 5.10 Å². The fourth-order valence-electron chi connectivity index (χ4n) is 4.12. The van der Waals surface area contributed by atoms with Crippen LogP contribution in [0.25, 0.3) is 0 Å². The minimum atomic E-state index is -0.425. The first-order chi connectivity index (χ1) is 16.3. The molecule has 1 N–H and O–H groups in total. The Bertz CT molecular complexity index is 1270. The molecule has 0 aliphatic carbocycles. The van der Waals surface area contributed by atoms with Crippen LogP contribution in [0.4, 0.5) is 17.1 Å². The van der Waals surface area contributed by atoms with Gasteiger partial charge in [-0.25, -0.2) is 0 Å². The van der Waals surface area contributed by atoms with Crippen molar-refractivity contribution in [2.45, 2.75) is 33.2 Å². The second-order valence-electron chi connectivity index (χ2n) is 8.12. The summed E-state index contributed by atoms with van der Waals surface area (Å²) < 4.78 is 6.98. The Balaban J connectivity index is 1.48. The average molecular weight is 463 g/mol. The third-order valence-electron chi connectivity index (χ3n) is 5.88. The predicted octanol–water partition coefficient (Wildman–Crippen LogP) is 3.84. The topological polar surface area (TPSA) is 120 Å². The highest BCUT2D eigenvalue weighted by Crippen LogP contribution is 2.34. The van der Waals surface area contributed by atoms with Crippen LogP contribution in [-0.2, 0) is 11.3 Å². The molecule has 34 heavy (non-hydrogen) atoms.